The highest BCUT2D eigenvalue weighted by Crippen LogP contribution is 2.28. The molecule has 0 saturated carbocycles. The van der Waals surface area contributed by atoms with Gasteiger partial charge in [0, 0.05) is 30.9 Å². The van der Waals surface area contributed by atoms with Crippen molar-refractivity contribution in [2.75, 3.05) is 6.61 Å². The number of hydrogen-bond donors (Lipinski definition) is 1. The Labute approximate surface area is 143 Å². The van der Waals surface area contributed by atoms with Gasteiger partial charge in [-0.05, 0) is 19.8 Å². The van der Waals surface area contributed by atoms with Gasteiger partial charge in [-0.25, -0.2) is 9.97 Å². The predicted molar refractivity (Wildman–Crippen MR) is 90.2 cm³/mol. The molecule has 0 aliphatic carbocycles. The molecule has 24 heavy (non-hydrogen) atoms. The zero-order chi connectivity index (χ0) is 16.5. The second-order valence-corrected chi connectivity index (χ2v) is 6.70. The summed E-state index contributed by atoms with van der Waals surface area (Å²) in [5, 5.41) is 4.99. The van der Waals surface area contributed by atoms with Crippen LogP contribution in [-0.4, -0.2) is 37.5 Å². The number of imidazole rings is 2. The summed E-state index contributed by atoms with van der Waals surface area (Å²) in [6, 6.07) is -0.0857. The standard InChI is InChI=1S/C16H19N5O2S/c1-2-20-6-5-18-15(20)14-11(4-3-7-23-14)19-16(22)12-9-24-13-8-17-10-21(12)13/h5-6,8-11,14H,2-4,7H2,1H3,(H,19,22)/t11-,14-/m0/s1. The van der Waals surface area contributed by atoms with Crippen LogP contribution >= 0.6 is 11.3 Å². The third-order valence-corrected chi connectivity index (χ3v) is 5.25. The molecular weight excluding hydrogens is 326 g/mol. The molecule has 1 N–H and O–H groups in total. The van der Waals surface area contributed by atoms with Crippen molar-refractivity contribution in [3.63, 3.8) is 0 Å². The molecule has 3 aromatic rings. The summed E-state index contributed by atoms with van der Waals surface area (Å²) in [5.74, 6) is 0.773. The first-order chi connectivity index (χ1) is 11.8. The number of nitrogens with zero attached hydrogens (tertiary/aromatic N) is 4. The quantitative estimate of drug-likeness (QED) is 0.787. The van der Waals surface area contributed by atoms with Crippen LogP contribution in [0.25, 0.3) is 4.83 Å². The summed E-state index contributed by atoms with van der Waals surface area (Å²) in [6.45, 7) is 3.59. The molecule has 1 fully saturated rings. The van der Waals surface area contributed by atoms with Crippen molar-refractivity contribution in [2.45, 2.75) is 38.5 Å². The second-order valence-electron chi connectivity index (χ2n) is 5.81. The number of amides is 1. The van der Waals surface area contributed by atoms with Crippen molar-refractivity contribution in [3.8, 4) is 0 Å². The molecule has 1 amide bonds. The first-order valence-corrected chi connectivity index (χ1v) is 8.99. The maximum Gasteiger partial charge on any atom is 0.269 e. The Morgan fingerprint density at radius 1 is 1.54 bits per heavy atom. The topological polar surface area (TPSA) is 73.4 Å². The Bertz CT molecular complexity index is 852. The zero-order valence-electron chi connectivity index (χ0n) is 13.4. The van der Waals surface area contributed by atoms with Gasteiger partial charge in [-0.15, -0.1) is 11.3 Å². The molecule has 0 bridgehead atoms. The number of aromatic nitrogens is 4. The SMILES string of the molecule is CCn1ccnc1[C@H]1OCCC[C@@H]1NC(=O)c1csc2cncn12. The molecule has 8 heteroatoms. The molecule has 4 heterocycles. The van der Waals surface area contributed by atoms with Crippen LogP contribution in [-0.2, 0) is 11.3 Å². The predicted octanol–water partition coefficient (Wildman–Crippen LogP) is 2.26. The fourth-order valence-electron chi connectivity index (χ4n) is 3.16. The van der Waals surface area contributed by atoms with Crippen molar-refractivity contribution < 1.29 is 9.53 Å². The monoisotopic (exact) mass is 345 g/mol. The third kappa shape index (κ3) is 2.61. The number of thiazole rings is 1. The molecule has 1 saturated heterocycles. The lowest BCUT2D eigenvalue weighted by molar-refractivity contribution is -0.0163. The summed E-state index contributed by atoms with van der Waals surface area (Å²) in [6.07, 6.45) is 8.74. The van der Waals surface area contributed by atoms with Gasteiger partial charge in [-0.1, -0.05) is 0 Å². The van der Waals surface area contributed by atoms with Crippen molar-refractivity contribution in [3.05, 3.63) is 41.8 Å². The molecule has 126 valence electrons. The van der Waals surface area contributed by atoms with E-state index in [0.717, 1.165) is 30.0 Å². The van der Waals surface area contributed by atoms with Crippen LogP contribution in [0.15, 0.2) is 30.3 Å². The number of fused-ring (bicyclic) bond motifs is 1. The molecule has 3 aromatic heterocycles. The number of hydrogen-bond acceptors (Lipinski definition) is 5. The summed E-state index contributed by atoms with van der Waals surface area (Å²) >= 11 is 1.51. The number of carbonyl (C=O) groups is 1. The van der Waals surface area contributed by atoms with Crippen molar-refractivity contribution in [1.82, 2.24) is 24.3 Å². The second kappa shape index (κ2) is 6.37. The first-order valence-electron chi connectivity index (χ1n) is 8.11. The lowest BCUT2D eigenvalue weighted by Gasteiger charge is -2.32. The van der Waals surface area contributed by atoms with Crippen LogP contribution in [0.2, 0.25) is 0 Å². The van der Waals surface area contributed by atoms with Gasteiger partial charge in [-0.2, -0.15) is 0 Å². The first kappa shape index (κ1) is 15.3. The lowest BCUT2D eigenvalue weighted by atomic mass is 10.0. The van der Waals surface area contributed by atoms with Gasteiger partial charge < -0.3 is 14.6 Å². The zero-order valence-corrected chi connectivity index (χ0v) is 14.2. The summed E-state index contributed by atoms with van der Waals surface area (Å²) < 4.78 is 9.83. The molecule has 4 rings (SSSR count). The third-order valence-electron chi connectivity index (χ3n) is 4.37. The van der Waals surface area contributed by atoms with E-state index >= 15 is 0 Å². The molecule has 2 atom stereocenters. The largest absolute Gasteiger partial charge is 0.368 e. The van der Waals surface area contributed by atoms with E-state index in [1.54, 1.807) is 18.7 Å². The number of rotatable bonds is 4. The summed E-state index contributed by atoms with van der Waals surface area (Å²) in [4.78, 5) is 22.2. The molecule has 0 aromatic carbocycles. The summed E-state index contributed by atoms with van der Waals surface area (Å²) in [5.41, 5.74) is 0.607. The smallest absolute Gasteiger partial charge is 0.269 e. The van der Waals surface area contributed by atoms with Crippen molar-refractivity contribution >= 4 is 22.1 Å². The van der Waals surface area contributed by atoms with E-state index < -0.39 is 0 Å². The van der Waals surface area contributed by atoms with E-state index in [2.05, 4.69) is 26.8 Å². The minimum absolute atomic E-state index is 0.0857. The van der Waals surface area contributed by atoms with Crippen LogP contribution in [0.4, 0.5) is 0 Å². The van der Waals surface area contributed by atoms with Gasteiger partial charge in [-0.3, -0.25) is 9.20 Å². The Kier molecular flexibility index (Phi) is 4.07. The van der Waals surface area contributed by atoms with Crippen LogP contribution in [0.5, 0.6) is 0 Å². The van der Waals surface area contributed by atoms with Crippen molar-refractivity contribution in [1.29, 1.82) is 0 Å². The van der Waals surface area contributed by atoms with Crippen LogP contribution in [0.3, 0.4) is 0 Å². The van der Waals surface area contributed by atoms with E-state index in [-0.39, 0.29) is 18.1 Å². The van der Waals surface area contributed by atoms with E-state index in [0.29, 0.717) is 12.3 Å². The van der Waals surface area contributed by atoms with Gasteiger partial charge in [0.2, 0.25) is 0 Å². The number of aryl methyl sites for hydroxylation is 1. The Balaban J connectivity index is 1.57. The molecule has 0 unspecified atom stereocenters. The highest BCUT2D eigenvalue weighted by Gasteiger charge is 2.32. The molecule has 1 aliphatic heterocycles. The van der Waals surface area contributed by atoms with E-state index in [9.17, 15) is 4.79 Å². The van der Waals surface area contributed by atoms with Crippen LogP contribution in [0, 0.1) is 0 Å². The minimum Gasteiger partial charge on any atom is -0.368 e. The summed E-state index contributed by atoms with van der Waals surface area (Å²) in [7, 11) is 0. The lowest BCUT2D eigenvalue weighted by Crippen LogP contribution is -2.43. The van der Waals surface area contributed by atoms with Crippen LogP contribution in [0.1, 0.15) is 42.2 Å². The van der Waals surface area contributed by atoms with E-state index in [1.165, 1.54) is 11.3 Å². The average Bonchev–Trinajstić information content (AvgIpc) is 3.31. The molecule has 7 nitrogen and oxygen atoms in total. The minimum atomic E-state index is -0.213. The van der Waals surface area contributed by atoms with E-state index in [1.807, 2.05) is 16.0 Å². The van der Waals surface area contributed by atoms with Crippen molar-refractivity contribution in [2.24, 2.45) is 0 Å². The maximum absolute atomic E-state index is 12.7. The number of carbonyl (C=O) groups excluding carboxylic acids is 1. The average molecular weight is 345 g/mol. The van der Waals surface area contributed by atoms with Gasteiger partial charge in [0.05, 0.1) is 12.2 Å². The number of ether oxygens (including phenoxy) is 1. The highest BCUT2D eigenvalue weighted by molar-refractivity contribution is 7.15. The van der Waals surface area contributed by atoms with Gasteiger partial charge in [0.1, 0.15) is 28.8 Å². The van der Waals surface area contributed by atoms with Gasteiger partial charge in [0.25, 0.3) is 5.91 Å². The highest BCUT2D eigenvalue weighted by atomic mass is 32.1. The molecular formula is C16H19N5O2S. The molecule has 0 radical (unpaired) electrons. The fraction of sp³-hybridized carbons (Fsp3) is 0.438. The number of nitrogens with one attached hydrogen (secondary N) is 1. The normalized spacial score (nSPS) is 21.2. The maximum atomic E-state index is 12.7. The van der Waals surface area contributed by atoms with E-state index in [4.69, 9.17) is 4.74 Å². The fourth-order valence-corrected chi connectivity index (χ4v) is 3.99. The van der Waals surface area contributed by atoms with Crippen LogP contribution < -0.4 is 5.32 Å². The Morgan fingerprint density at radius 2 is 2.46 bits per heavy atom. The van der Waals surface area contributed by atoms with Gasteiger partial charge >= 0.3 is 0 Å². The van der Waals surface area contributed by atoms with Gasteiger partial charge in [0.15, 0.2) is 0 Å². The molecule has 1 aliphatic rings. The Morgan fingerprint density at radius 3 is 3.33 bits per heavy atom. The molecule has 0 spiro atoms. The Hall–Kier alpha value is -2.19.